The van der Waals surface area contributed by atoms with E-state index in [2.05, 4.69) is 12.2 Å². The van der Waals surface area contributed by atoms with Gasteiger partial charge in [0.15, 0.2) is 0 Å². The SMILES string of the molecule is CCP(=O)(CC)C1=CC=CCC1. The van der Waals surface area contributed by atoms with Gasteiger partial charge < -0.3 is 4.57 Å². The van der Waals surface area contributed by atoms with Crippen molar-refractivity contribution in [3.63, 3.8) is 0 Å². The number of rotatable bonds is 3. The van der Waals surface area contributed by atoms with Crippen LogP contribution in [0.5, 0.6) is 0 Å². The quantitative estimate of drug-likeness (QED) is 0.612. The molecule has 0 amide bonds. The smallest absolute Gasteiger partial charge is 0.111 e. The first-order valence-electron chi connectivity index (χ1n) is 4.67. The molecule has 1 aliphatic rings. The van der Waals surface area contributed by atoms with Gasteiger partial charge in [0.05, 0.1) is 0 Å². The average molecular weight is 184 g/mol. The molecule has 12 heavy (non-hydrogen) atoms. The lowest BCUT2D eigenvalue weighted by Crippen LogP contribution is -1.95. The largest absolute Gasteiger partial charge is 0.319 e. The summed E-state index contributed by atoms with van der Waals surface area (Å²) in [4.78, 5) is 0. The summed E-state index contributed by atoms with van der Waals surface area (Å²) < 4.78 is 12.2. The Morgan fingerprint density at radius 1 is 1.42 bits per heavy atom. The Morgan fingerprint density at radius 3 is 2.50 bits per heavy atom. The fourth-order valence-electron chi connectivity index (χ4n) is 1.56. The van der Waals surface area contributed by atoms with Crippen LogP contribution in [0.25, 0.3) is 0 Å². The van der Waals surface area contributed by atoms with Gasteiger partial charge >= 0.3 is 0 Å². The third-order valence-corrected chi connectivity index (χ3v) is 6.00. The molecule has 0 N–H and O–H groups in total. The second-order valence-corrected chi connectivity index (χ2v) is 6.76. The van der Waals surface area contributed by atoms with Crippen molar-refractivity contribution in [1.82, 2.24) is 0 Å². The molecule has 0 heterocycles. The summed E-state index contributed by atoms with van der Waals surface area (Å²) in [5.74, 6) is 0. The van der Waals surface area contributed by atoms with Crippen LogP contribution in [0.1, 0.15) is 26.7 Å². The fraction of sp³-hybridized carbons (Fsp3) is 0.600. The summed E-state index contributed by atoms with van der Waals surface area (Å²) in [5.41, 5.74) is 0. The Balaban J connectivity index is 2.85. The van der Waals surface area contributed by atoms with Gasteiger partial charge in [-0.1, -0.05) is 32.1 Å². The standard InChI is InChI=1S/C10H17OP/c1-3-12(11,4-2)10-8-6-5-7-9-10/h5-6,8H,3-4,7,9H2,1-2H3. The maximum absolute atomic E-state index is 12.2. The summed E-state index contributed by atoms with van der Waals surface area (Å²) in [5, 5.41) is 1.20. The van der Waals surface area contributed by atoms with Gasteiger partial charge in [-0.25, -0.2) is 0 Å². The third-order valence-electron chi connectivity index (χ3n) is 2.54. The van der Waals surface area contributed by atoms with E-state index in [4.69, 9.17) is 0 Å². The van der Waals surface area contributed by atoms with Crippen molar-refractivity contribution in [2.24, 2.45) is 0 Å². The minimum Gasteiger partial charge on any atom is -0.319 e. The Morgan fingerprint density at radius 2 is 2.08 bits per heavy atom. The van der Waals surface area contributed by atoms with Gasteiger partial charge in [0.2, 0.25) is 0 Å². The highest BCUT2D eigenvalue weighted by molar-refractivity contribution is 7.68. The zero-order chi connectivity index (χ0) is 9.03. The van der Waals surface area contributed by atoms with Crippen LogP contribution < -0.4 is 0 Å². The summed E-state index contributed by atoms with van der Waals surface area (Å²) in [6.07, 6.45) is 9.95. The van der Waals surface area contributed by atoms with Gasteiger partial charge in [-0.2, -0.15) is 0 Å². The lowest BCUT2D eigenvalue weighted by atomic mass is 10.2. The molecule has 0 aromatic rings. The van der Waals surface area contributed by atoms with E-state index < -0.39 is 7.14 Å². The van der Waals surface area contributed by atoms with Crippen LogP contribution in [0.15, 0.2) is 23.5 Å². The van der Waals surface area contributed by atoms with Gasteiger partial charge in [-0.05, 0) is 18.2 Å². The van der Waals surface area contributed by atoms with E-state index in [0.29, 0.717) is 0 Å². The molecule has 2 heteroatoms. The molecular formula is C10H17OP. The fourth-order valence-corrected chi connectivity index (χ4v) is 3.71. The number of hydrogen-bond donors (Lipinski definition) is 0. The van der Waals surface area contributed by atoms with Crippen LogP contribution in [0, 0.1) is 0 Å². The predicted octanol–water partition coefficient (Wildman–Crippen LogP) is 3.62. The number of allylic oxidation sites excluding steroid dienone is 4. The molecule has 1 rings (SSSR count). The summed E-state index contributed by atoms with van der Waals surface area (Å²) >= 11 is 0. The van der Waals surface area contributed by atoms with E-state index in [1.54, 1.807) is 0 Å². The molecule has 68 valence electrons. The van der Waals surface area contributed by atoms with Crippen LogP contribution in [0.3, 0.4) is 0 Å². The molecule has 0 fully saturated rings. The van der Waals surface area contributed by atoms with Gasteiger partial charge in [-0.3, -0.25) is 0 Å². The molecule has 1 aliphatic carbocycles. The molecule has 0 unspecified atom stereocenters. The van der Waals surface area contributed by atoms with Gasteiger partial charge in [0, 0.05) is 12.3 Å². The minimum absolute atomic E-state index is 0.823. The molecule has 1 nitrogen and oxygen atoms in total. The summed E-state index contributed by atoms with van der Waals surface area (Å²) in [7, 11) is -1.95. The van der Waals surface area contributed by atoms with E-state index in [1.165, 1.54) is 5.31 Å². The third kappa shape index (κ3) is 1.90. The van der Waals surface area contributed by atoms with E-state index in [0.717, 1.165) is 25.2 Å². The average Bonchev–Trinajstić information content (AvgIpc) is 2.18. The number of hydrogen-bond acceptors (Lipinski definition) is 1. The van der Waals surface area contributed by atoms with E-state index in [-0.39, 0.29) is 0 Å². The zero-order valence-electron chi connectivity index (χ0n) is 7.92. The maximum Gasteiger partial charge on any atom is 0.111 e. The van der Waals surface area contributed by atoms with Crippen molar-refractivity contribution in [1.29, 1.82) is 0 Å². The lowest BCUT2D eigenvalue weighted by molar-refractivity contribution is 0.578. The Kier molecular flexibility index (Phi) is 3.34. The maximum atomic E-state index is 12.2. The normalized spacial score (nSPS) is 17.7. The monoisotopic (exact) mass is 184 g/mol. The predicted molar refractivity (Wildman–Crippen MR) is 55.1 cm³/mol. The first kappa shape index (κ1) is 9.80. The minimum atomic E-state index is -1.95. The molecule has 0 aliphatic heterocycles. The van der Waals surface area contributed by atoms with E-state index in [1.807, 2.05) is 19.9 Å². The van der Waals surface area contributed by atoms with Gasteiger partial charge in [0.1, 0.15) is 7.14 Å². The molecule has 0 spiro atoms. The van der Waals surface area contributed by atoms with E-state index in [9.17, 15) is 4.57 Å². The van der Waals surface area contributed by atoms with Crippen molar-refractivity contribution in [3.8, 4) is 0 Å². The van der Waals surface area contributed by atoms with Crippen LogP contribution in [-0.4, -0.2) is 12.3 Å². The van der Waals surface area contributed by atoms with Crippen molar-refractivity contribution < 1.29 is 4.57 Å². The molecule has 0 atom stereocenters. The Bertz CT molecular complexity index is 243. The van der Waals surface area contributed by atoms with Crippen LogP contribution >= 0.6 is 7.14 Å². The highest BCUT2D eigenvalue weighted by Gasteiger charge is 2.22. The van der Waals surface area contributed by atoms with Crippen LogP contribution in [-0.2, 0) is 4.57 Å². The topological polar surface area (TPSA) is 17.1 Å². The zero-order valence-corrected chi connectivity index (χ0v) is 8.81. The first-order chi connectivity index (χ1) is 5.73. The van der Waals surface area contributed by atoms with Crippen molar-refractivity contribution in [2.75, 3.05) is 12.3 Å². The molecule has 0 saturated heterocycles. The Labute approximate surface area is 74.9 Å². The molecular weight excluding hydrogens is 167 g/mol. The molecule has 0 aromatic carbocycles. The van der Waals surface area contributed by atoms with Crippen LogP contribution in [0.2, 0.25) is 0 Å². The van der Waals surface area contributed by atoms with E-state index >= 15 is 0 Å². The summed E-state index contributed by atoms with van der Waals surface area (Å²) in [6, 6.07) is 0. The molecule has 0 bridgehead atoms. The second-order valence-electron chi connectivity index (χ2n) is 3.15. The summed E-state index contributed by atoms with van der Waals surface area (Å²) in [6.45, 7) is 4.06. The second kappa shape index (κ2) is 4.09. The highest BCUT2D eigenvalue weighted by atomic mass is 31.2. The molecule has 0 saturated carbocycles. The molecule has 0 aromatic heterocycles. The van der Waals surface area contributed by atoms with Crippen molar-refractivity contribution in [2.45, 2.75) is 26.7 Å². The first-order valence-corrected chi connectivity index (χ1v) is 6.75. The van der Waals surface area contributed by atoms with Crippen LogP contribution in [0.4, 0.5) is 0 Å². The molecule has 0 radical (unpaired) electrons. The lowest BCUT2D eigenvalue weighted by Gasteiger charge is -2.19. The van der Waals surface area contributed by atoms with Crippen molar-refractivity contribution >= 4 is 7.14 Å². The highest BCUT2D eigenvalue weighted by Crippen LogP contribution is 2.55. The van der Waals surface area contributed by atoms with Crippen molar-refractivity contribution in [3.05, 3.63) is 23.5 Å². The van der Waals surface area contributed by atoms with Gasteiger partial charge in [0.25, 0.3) is 0 Å². The Hall–Kier alpha value is -0.290. The van der Waals surface area contributed by atoms with Gasteiger partial charge in [-0.15, -0.1) is 0 Å².